The van der Waals surface area contributed by atoms with E-state index < -0.39 is 10.8 Å². The van der Waals surface area contributed by atoms with Crippen molar-refractivity contribution in [3.05, 3.63) is 0 Å². The monoisotopic (exact) mass is 260 g/mol. The van der Waals surface area contributed by atoms with E-state index in [1.807, 2.05) is 20.8 Å². The van der Waals surface area contributed by atoms with Crippen LogP contribution in [0.2, 0.25) is 0 Å². The molecule has 0 unspecified atom stereocenters. The van der Waals surface area contributed by atoms with E-state index in [9.17, 15) is 4.21 Å². The molecule has 0 amide bonds. The summed E-state index contributed by atoms with van der Waals surface area (Å²) in [7, 11) is -0.799. The van der Waals surface area contributed by atoms with E-state index in [0.717, 1.165) is 6.42 Å². The summed E-state index contributed by atoms with van der Waals surface area (Å²) in [6.07, 6.45) is 5.31. The van der Waals surface area contributed by atoms with Crippen molar-refractivity contribution in [2.24, 2.45) is 5.92 Å². The van der Waals surface area contributed by atoms with Crippen LogP contribution in [0.5, 0.6) is 0 Å². The van der Waals surface area contributed by atoms with Crippen LogP contribution in [0, 0.1) is 5.92 Å². The van der Waals surface area contributed by atoms with Crippen molar-refractivity contribution in [2.45, 2.75) is 77.3 Å². The molecule has 0 aliphatic carbocycles. The largest absolute Gasteiger partial charge is 0.374 e. The molecule has 1 aliphatic heterocycles. The first-order valence-corrected chi connectivity index (χ1v) is 8.20. The van der Waals surface area contributed by atoms with Crippen molar-refractivity contribution in [3.8, 4) is 0 Å². The molecule has 1 saturated heterocycles. The van der Waals surface area contributed by atoms with E-state index in [-0.39, 0.29) is 10.9 Å². The zero-order chi connectivity index (χ0) is 13.1. The summed E-state index contributed by atoms with van der Waals surface area (Å²) in [6.45, 7) is 10.6. The minimum Gasteiger partial charge on any atom is -0.374 e. The van der Waals surface area contributed by atoms with Gasteiger partial charge in [0, 0.05) is 15.5 Å². The highest BCUT2D eigenvalue weighted by molar-refractivity contribution is 7.86. The molecule has 3 heteroatoms. The molecule has 17 heavy (non-hydrogen) atoms. The topological polar surface area (TPSA) is 26.3 Å². The Bertz CT molecular complexity index is 257. The van der Waals surface area contributed by atoms with Crippen molar-refractivity contribution in [1.29, 1.82) is 0 Å². The molecule has 0 aromatic carbocycles. The summed E-state index contributed by atoms with van der Waals surface area (Å²) in [4.78, 5) is 0. The second-order valence-electron chi connectivity index (χ2n) is 6.26. The third-order valence-electron chi connectivity index (χ3n) is 3.56. The molecular formula is C14H28O2S. The van der Waals surface area contributed by atoms with Gasteiger partial charge in [0.1, 0.15) is 0 Å². The predicted molar refractivity (Wildman–Crippen MR) is 74.7 cm³/mol. The molecule has 1 fully saturated rings. The molecular weight excluding hydrogens is 232 g/mol. The Balaban J connectivity index is 2.53. The number of ether oxygens (including phenoxy) is 1. The standard InChI is InChI=1S/C14H28O2S/c1-6-7-12-9-8-11(2)13(16-12)10-17(15)14(3,4)5/h11-13H,6-10H2,1-5H3/t11-,12+,13-,17-/m1/s1. The summed E-state index contributed by atoms with van der Waals surface area (Å²) in [5.41, 5.74) is 0. The van der Waals surface area contributed by atoms with Crippen molar-refractivity contribution in [2.75, 3.05) is 5.75 Å². The molecule has 0 bridgehead atoms. The van der Waals surface area contributed by atoms with Crippen LogP contribution in [0.4, 0.5) is 0 Å². The smallest absolute Gasteiger partial charge is 0.0719 e. The fraction of sp³-hybridized carbons (Fsp3) is 1.00. The molecule has 1 heterocycles. The summed E-state index contributed by atoms with van der Waals surface area (Å²) in [5.74, 6) is 1.25. The van der Waals surface area contributed by atoms with E-state index in [2.05, 4.69) is 13.8 Å². The van der Waals surface area contributed by atoms with Gasteiger partial charge in [-0.25, -0.2) is 0 Å². The van der Waals surface area contributed by atoms with Gasteiger partial charge in [0.2, 0.25) is 0 Å². The maximum Gasteiger partial charge on any atom is 0.0719 e. The van der Waals surface area contributed by atoms with Crippen LogP contribution in [0.3, 0.4) is 0 Å². The van der Waals surface area contributed by atoms with Gasteiger partial charge in [0.25, 0.3) is 0 Å². The van der Waals surface area contributed by atoms with Crippen LogP contribution in [-0.4, -0.2) is 26.9 Å². The molecule has 0 aromatic rings. The number of rotatable bonds is 4. The molecule has 0 radical (unpaired) electrons. The second kappa shape index (κ2) is 6.33. The average Bonchev–Trinajstić information content (AvgIpc) is 2.22. The van der Waals surface area contributed by atoms with Crippen LogP contribution >= 0.6 is 0 Å². The lowest BCUT2D eigenvalue weighted by Gasteiger charge is -2.36. The first kappa shape index (κ1) is 15.2. The van der Waals surface area contributed by atoms with Crippen molar-refractivity contribution >= 4 is 10.8 Å². The maximum atomic E-state index is 12.2. The van der Waals surface area contributed by atoms with E-state index in [0.29, 0.717) is 17.8 Å². The molecule has 2 nitrogen and oxygen atoms in total. The molecule has 0 aromatic heterocycles. The Morgan fingerprint density at radius 3 is 2.47 bits per heavy atom. The summed E-state index contributed by atoms with van der Waals surface area (Å²) >= 11 is 0. The van der Waals surface area contributed by atoms with Gasteiger partial charge in [-0.05, 0) is 46.0 Å². The zero-order valence-corrected chi connectivity index (χ0v) is 12.8. The highest BCUT2D eigenvalue weighted by Gasteiger charge is 2.31. The second-order valence-corrected chi connectivity index (χ2v) is 8.51. The first-order chi connectivity index (χ1) is 7.84. The summed E-state index contributed by atoms with van der Waals surface area (Å²) in [6, 6.07) is 0. The quantitative estimate of drug-likeness (QED) is 0.773. The minimum atomic E-state index is -0.799. The fourth-order valence-corrected chi connectivity index (χ4v) is 3.43. The van der Waals surface area contributed by atoms with Crippen LogP contribution in [0.1, 0.15) is 60.3 Å². The minimum absolute atomic E-state index is 0.124. The Labute approximate surface area is 109 Å². The van der Waals surface area contributed by atoms with Crippen LogP contribution < -0.4 is 0 Å². The molecule has 1 rings (SSSR count). The summed E-state index contributed by atoms with van der Waals surface area (Å²) in [5, 5.41) is 0. The lowest BCUT2D eigenvalue weighted by Crippen LogP contribution is -2.40. The van der Waals surface area contributed by atoms with E-state index in [4.69, 9.17) is 4.74 Å². The molecule has 0 N–H and O–H groups in total. The van der Waals surface area contributed by atoms with Gasteiger partial charge in [-0.2, -0.15) is 0 Å². The fourth-order valence-electron chi connectivity index (χ4n) is 2.22. The third-order valence-corrected chi connectivity index (χ3v) is 5.55. The summed E-state index contributed by atoms with van der Waals surface area (Å²) < 4.78 is 18.2. The first-order valence-electron chi connectivity index (χ1n) is 6.88. The van der Waals surface area contributed by atoms with Crippen LogP contribution in [-0.2, 0) is 15.5 Å². The molecule has 0 saturated carbocycles. The van der Waals surface area contributed by atoms with Crippen molar-refractivity contribution in [1.82, 2.24) is 0 Å². The van der Waals surface area contributed by atoms with Crippen molar-refractivity contribution < 1.29 is 8.95 Å². The third kappa shape index (κ3) is 4.70. The van der Waals surface area contributed by atoms with Crippen molar-refractivity contribution in [3.63, 3.8) is 0 Å². The number of hydrogen-bond acceptors (Lipinski definition) is 2. The lowest BCUT2D eigenvalue weighted by molar-refractivity contribution is -0.0696. The SMILES string of the molecule is CCC[C@H]1CC[C@@H](C)[C@@H](C[S@@](=O)C(C)(C)C)O1. The molecule has 102 valence electrons. The van der Waals surface area contributed by atoms with Gasteiger partial charge >= 0.3 is 0 Å². The Morgan fingerprint density at radius 2 is 1.94 bits per heavy atom. The highest BCUT2D eigenvalue weighted by atomic mass is 32.2. The van der Waals surface area contributed by atoms with E-state index in [1.54, 1.807) is 0 Å². The van der Waals surface area contributed by atoms with Gasteiger partial charge in [-0.15, -0.1) is 0 Å². The molecule has 4 atom stereocenters. The molecule has 1 aliphatic rings. The van der Waals surface area contributed by atoms with Gasteiger partial charge in [0.05, 0.1) is 18.0 Å². The highest BCUT2D eigenvalue weighted by Crippen LogP contribution is 2.28. The van der Waals surface area contributed by atoms with E-state index in [1.165, 1.54) is 19.3 Å². The Morgan fingerprint density at radius 1 is 1.29 bits per heavy atom. The molecule has 0 spiro atoms. The predicted octanol–water partition coefficient (Wildman–Crippen LogP) is 3.52. The van der Waals surface area contributed by atoms with Gasteiger partial charge in [0.15, 0.2) is 0 Å². The van der Waals surface area contributed by atoms with Crippen LogP contribution in [0.25, 0.3) is 0 Å². The Hall–Kier alpha value is 0.110. The normalized spacial score (nSPS) is 32.4. The number of hydrogen-bond donors (Lipinski definition) is 0. The zero-order valence-electron chi connectivity index (χ0n) is 12.0. The van der Waals surface area contributed by atoms with Gasteiger partial charge in [-0.3, -0.25) is 4.21 Å². The average molecular weight is 260 g/mol. The van der Waals surface area contributed by atoms with Gasteiger partial charge in [-0.1, -0.05) is 20.3 Å². The lowest BCUT2D eigenvalue weighted by atomic mass is 9.93. The van der Waals surface area contributed by atoms with E-state index >= 15 is 0 Å². The Kier molecular flexibility index (Phi) is 5.65. The maximum absolute atomic E-state index is 12.2. The van der Waals surface area contributed by atoms with Crippen LogP contribution in [0.15, 0.2) is 0 Å². The van der Waals surface area contributed by atoms with Gasteiger partial charge < -0.3 is 4.74 Å².